The molecular formula is C31H34ClN7O. The Morgan fingerprint density at radius 2 is 1.95 bits per heavy atom. The van der Waals surface area contributed by atoms with Crippen LogP contribution in [0.2, 0.25) is 5.02 Å². The van der Waals surface area contributed by atoms with Crippen LogP contribution in [-0.4, -0.2) is 68.3 Å². The maximum Gasteiger partial charge on any atom is 0.234 e. The molecule has 0 radical (unpaired) electrons. The second kappa shape index (κ2) is 11.5. The number of fused-ring (bicyclic) bond motifs is 2. The molecule has 3 aliphatic heterocycles. The van der Waals surface area contributed by atoms with Crippen LogP contribution < -0.4 is 19.9 Å². The van der Waals surface area contributed by atoms with Gasteiger partial charge >= 0.3 is 0 Å². The zero-order valence-corrected chi connectivity index (χ0v) is 23.6. The van der Waals surface area contributed by atoms with E-state index < -0.39 is 0 Å². The Hall–Kier alpha value is -3.56. The first kappa shape index (κ1) is 26.7. The van der Waals surface area contributed by atoms with E-state index in [2.05, 4.69) is 63.5 Å². The SMILES string of the molecule is CN1CCC[C@H]1COc1nc(N2CCN[C@@H](CC#N)C2)c2c(c1C#N)CN(c1cccc3cccc(Cl)c13)CC2. The molecule has 3 aliphatic rings. The van der Waals surface area contributed by atoms with E-state index in [1.807, 2.05) is 12.1 Å². The van der Waals surface area contributed by atoms with Crippen molar-refractivity contribution in [3.05, 3.63) is 58.1 Å². The lowest BCUT2D eigenvalue weighted by atomic mass is 9.94. The van der Waals surface area contributed by atoms with Crippen molar-refractivity contribution in [3.63, 3.8) is 0 Å². The van der Waals surface area contributed by atoms with Crippen molar-refractivity contribution >= 4 is 33.9 Å². The first-order valence-electron chi connectivity index (χ1n) is 14.1. The van der Waals surface area contributed by atoms with E-state index in [9.17, 15) is 10.5 Å². The van der Waals surface area contributed by atoms with Crippen LogP contribution in [0.15, 0.2) is 36.4 Å². The standard InChI is InChI=1S/C31H34ClN7O/c1-37-14-4-7-23(37)20-40-31-25(17-34)26-19-38(28-9-3-6-21-5-2-8-27(32)29(21)28)15-11-24(26)30(36-31)39-16-13-35-22(18-39)10-12-33/h2-3,5-6,8-9,22-23,35H,4,7,10-11,13-16,18-20H2,1H3/t22-,23-/m0/s1. The minimum atomic E-state index is 0.0845. The first-order chi connectivity index (χ1) is 19.6. The number of nitrogens with one attached hydrogen (secondary N) is 1. The van der Waals surface area contributed by atoms with E-state index in [1.165, 1.54) is 0 Å². The first-order valence-corrected chi connectivity index (χ1v) is 14.5. The van der Waals surface area contributed by atoms with Crippen LogP contribution in [0.3, 0.4) is 0 Å². The molecule has 4 heterocycles. The molecule has 0 unspecified atom stereocenters. The normalized spacial score (nSPS) is 21.2. The van der Waals surface area contributed by atoms with E-state index in [-0.39, 0.29) is 6.04 Å². The molecular weight excluding hydrogens is 522 g/mol. The van der Waals surface area contributed by atoms with Crippen molar-refractivity contribution in [2.75, 3.05) is 56.2 Å². The molecule has 3 aromatic rings. The number of anilines is 2. The highest BCUT2D eigenvalue weighted by Crippen LogP contribution is 2.40. The summed E-state index contributed by atoms with van der Waals surface area (Å²) in [4.78, 5) is 12.0. The summed E-state index contributed by atoms with van der Waals surface area (Å²) in [6.45, 7) is 5.21. The molecule has 40 heavy (non-hydrogen) atoms. The molecule has 2 aromatic carbocycles. The van der Waals surface area contributed by atoms with Gasteiger partial charge in [-0.05, 0) is 50.4 Å². The lowest BCUT2D eigenvalue weighted by Crippen LogP contribution is -2.51. The number of benzene rings is 2. The summed E-state index contributed by atoms with van der Waals surface area (Å²) in [5.74, 6) is 1.31. The maximum absolute atomic E-state index is 10.4. The third-order valence-corrected chi connectivity index (χ3v) is 8.91. The van der Waals surface area contributed by atoms with Crippen molar-refractivity contribution in [2.45, 2.75) is 44.3 Å². The fraction of sp³-hybridized carbons (Fsp3) is 0.452. The molecule has 0 saturated carbocycles. The van der Waals surface area contributed by atoms with Gasteiger partial charge in [-0.15, -0.1) is 0 Å². The molecule has 1 N–H and O–H groups in total. The fourth-order valence-corrected chi connectivity index (χ4v) is 6.72. The maximum atomic E-state index is 10.4. The number of likely N-dealkylation sites (tertiary alicyclic amines) is 1. The lowest BCUT2D eigenvalue weighted by Gasteiger charge is -2.38. The van der Waals surface area contributed by atoms with Crippen molar-refractivity contribution in [2.24, 2.45) is 0 Å². The van der Waals surface area contributed by atoms with Gasteiger partial charge in [0, 0.05) is 67.0 Å². The van der Waals surface area contributed by atoms with Gasteiger partial charge in [0.05, 0.1) is 17.5 Å². The Kier molecular flexibility index (Phi) is 7.67. The Morgan fingerprint density at radius 3 is 2.73 bits per heavy atom. The van der Waals surface area contributed by atoms with Gasteiger partial charge < -0.3 is 24.8 Å². The Morgan fingerprint density at radius 1 is 1.10 bits per heavy atom. The molecule has 1 aromatic heterocycles. The predicted octanol–water partition coefficient (Wildman–Crippen LogP) is 4.49. The van der Waals surface area contributed by atoms with E-state index >= 15 is 0 Å². The minimum Gasteiger partial charge on any atom is -0.475 e. The number of hydrogen-bond donors (Lipinski definition) is 1. The second-order valence-electron chi connectivity index (χ2n) is 11.0. The molecule has 2 fully saturated rings. The van der Waals surface area contributed by atoms with Gasteiger partial charge in [0.1, 0.15) is 24.1 Å². The number of aromatic nitrogens is 1. The van der Waals surface area contributed by atoms with Gasteiger partial charge in [-0.1, -0.05) is 35.9 Å². The average Bonchev–Trinajstić information content (AvgIpc) is 3.39. The molecule has 206 valence electrons. The lowest BCUT2D eigenvalue weighted by molar-refractivity contribution is 0.192. The fourth-order valence-electron chi connectivity index (χ4n) is 6.44. The number of halogens is 1. The van der Waals surface area contributed by atoms with Crippen LogP contribution >= 0.6 is 11.6 Å². The topological polar surface area (TPSA) is 91.5 Å². The number of rotatable bonds is 6. The van der Waals surface area contributed by atoms with E-state index in [0.29, 0.717) is 43.6 Å². The van der Waals surface area contributed by atoms with Crippen molar-refractivity contribution in [3.8, 4) is 18.0 Å². The number of likely N-dealkylation sites (N-methyl/N-ethyl adjacent to an activating group) is 1. The van der Waals surface area contributed by atoms with Crippen LogP contribution in [-0.2, 0) is 13.0 Å². The van der Waals surface area contributed by atoms with Gasteiger partial charge in [0.2, 0.25) is 5.88 Å². The van der Waals surface area contributed by atoms with Gasteiger partial charge in [-0.2, -0.15) is 15.5 Å². The van der Waals surface area contributed by atoms with Crippen molar-refractivity contribution in [1.82, 2.24) is 15.2 Å². The average molecular weight is 556 g/mol. The predicted molar refractivity (Wildman–Crippen MR) is 158 cm³/mol. The number of ether oxygens (including phenoxy) is 1. The van der Waals surface area contributed by atoms with Gasteiger partial charge in [0.15, 0.2) is 0 Å². The molecule has 8 nitrogen and oxygen atoms in total. The molecule has 2 saturated heterocycles. The zero-order chi connectivity index (χ0) is 27.6. The Bertz CT molecular complexity index is 1490. The third kappa shape index (κ3) is 5.04. The van der Waals surface area contributed by atoms with Crippen molar-refractivity contribution in [1.29, 1.82) is 10.5 Å². The zero-order valence-electron chi connectivity index (χ0n) is 22.9. The smallest absolute Gasteiger partial charge is 0.234 e. The number of nitrogens with zero attached hydrogens (tertiary/aromatic N) is 6. The Balaban J connectivity index is 1.41. The molecule has 2 atom stereocenters. The summed E-state index contributed by atoms with van der Waals surface area (Å²) in [6, 6.07) is 17.4. The highest BCUT2D eigenvalue weighted by molar-refractivity contribution is 6.36. The van der Waals surface area contributed by atoms with Gasteiger partial charge in [0.25, 0.3) is 0 Å². The number of pyridine rings is 1. The summed E-state index contributed by atoms with van der Waals surface area (Å²) < 4.78 is 6.38. The summed E-state index contributed by atoms with van der Waals surface area (Å²) in [6.07, 6.45) is 3.44. The van der Waals surface area contributed by atoms with Crippen LogP contribution in [0.25, 0.3) is 10.8 Å². The highest BCUT2D eigenvalue weighted by atomic mass is 35.5. The number of hydrogen-bond acceptors (Lipinski definition) is 8. The summed E-state index contributed by atoms with van der Waals surface area (Å²) in [5.41, 5.74) is 3.69. The number of nitriles is 2. The quantitative estimate of drug-likeness (QED) is 0.476. The molecule has 0 bridgehead atoms. The summed E-state index contributed by atoms with van der Waals surface area (Å²) in [5, 5.41) is 26.0. The molecule has 0 spiro atoms. The van der Waals surface area contributed by atoms with E-state index in [1.54, 1.807) is 0 Å². The van der Waals surface area contributed by atoms with Gasteiger partial charge in [-0.25, -0.2) is 0 Å². The van der Waals surface area contributed by atoms with Crippen molar-refractivity contribution < 1.29 is 4.74 Å². The van der Waals surface area contributed by atoms with Crippen LogP contribution in [0.4, 0.5) is 11.5 Å². The van der Waals surface area contributed by atoms with Crippen LogP contribution in [0.1, 0.15) is 36.0 Å². The molecule has 9 heteroatoms. The van der Waals surface area contributed by atoms with Crippen LogP contribution in [0.5, 0.6) is 5.88 Å². The second-order valence-corrected chi connectivity index (χ2v) is 11.4. The third-order valence-electron chi connectivity index (χ3n) is 8.60. The van der Waals surface area contributed by atoms with E-state index in [4.69, 9.17) is 21.3 Å². The highest BCUT2D eigenvalue weighted by Gasteiger charge is 2.32. The van der Waals surface area contributed by atoms with Crippen LogP contribution in [0, 0.1) is 22.7 Å². The van der Waals surface area contributed by atoms with E-state index in [0.717, 1.165) is 83.9 Å². The summed E-state index contributed by atoms with van der Waals surface area (Å²) in [7, 11) is 2.13. The summed E-state index contributed by atoms with van der Waals surface area (Å²) >= 11 is 6.70. The monoisotopic (exact) mass is 555 g/mol. The number of piperazine rings is 1. The van der Waals surface area contributed by atoms with Gasteiger partial charge in [-0.3, -0.25) is 0 Å². The largest absolute Gasteiger partial charge is 0.475 e. The molecule has 6 rings (SSSR count). The molecule has 0 amide bonds. The minimum absolute atomic E-state index is 0.0845. The Labute approximate surface area is 240 Å². The molecule has 0 aliphatic carbocycles.